The van der Waals surface area contributed by atoms with Gasteiger partial charge in [-0.05, 0) is 31.0 Å². The molecule has 5 nitrogen and oxygen atoms in total. The number of hydrogen-bond acceptors (Lipinski definition) is 4. The van der Waals surface area contributed by atoms with Crippen molar-refractivity contribution in [2.24, 2.45) is 0 Å². The number of rotatable bonds is 5. The molecule has 94 valence electrons. The Kier molecular flexibility index (Phi) is 4.34. The van der Waals surface area contributed by atoms with Crippen LogP contribution in [0.4, 0.5) is 0 Å². The first-order chi connectivity index (χ1) is 7.99. The Morgan fingerprint density at radius 3 is 2.41 bits per heavy atom. The number of benzene rings is 1. The van der Waals surface area contributed by atoms with Crippen LogP contribution in [0.5, 0.6) is 11.5 Å². The summed E-state index contributed by atoms with van der Waals surface area (Å²) in [6.45, 7) is 1.64. The lowest BCUT2D eigenvalue weighted by Gasteiger charge is -2.13. The highest BCUT2D eigenvalue weighted by Gasteiger charge is 2.18. The molecule has 0 radical (unpaired) electrons. The van der Waals surface area contributed by atoms with Crippen molar-refractivity contribution in [3.63, 3.8) is 0 Å². The van der Waals surface area contributed by atoms with Crippen molar-refractivity contribution < 1.29 is 24.5 Å². The van der Waals surface area contributed by atoms with E-state index in [1.165, 1.54) is 20.3 Å². The lowest BCUT2D eigenvalue weighted by Crippen LogP contribution is -2.08. The van der Waals surface area contributed by atoms with Gasteiger partial charge >= 0.3 is 5.97 Å². The highest BCUT2D eigenvalue weighted by molar-refractivity contribution is 5.92. The SMILES string of the molecule is COc1cc(CC(C)O)cc(C(=O)O)c1OC. The van der Waals surface area contributed by atoms with Crippen LogP contribution in [0.1, 0.15) is 22.8 Å². The Balaban J connectivity index is 3.29. The summed E-state index contributed by atoms with van der Waals surface area (Å²) in [5, 5.41) is 18.4. The summed E-state index contributed by atoms with van der Waals surface area (Å²) in [6, 6.07) is 3.15. The van der Waals surface area contributed by atoms with Gasteiger partial charge in [0.15, 0.2) is 11.5 Å². The molecule has 0 bridgehead atoms. The van der Waals surface area contributed by atoms with Gasteiger partial charge in [0.25, 0.3) is 0 Å². The maximum absolute atomic E-state index is 11.1. The molecule has 0 aliphatic rings. The van der Waals surface area contributed by atoms with Crippen molar-refractivity contribution in [1.82, 2.24) is 0 Å². The van der Waals surface area contributed by atoms with Gasteiger partial charge in [-0.3, -0.25) is 0 Å². The Labute approximate surface area is 99.6 Å². The Hall–Kier alpha value is -1.75. The molecule has 0 aromatic heterocycles. The molecule has 0 saturated heterocycles. The number of ether oxygens (including phenoxy) is 2. The van der Waals surface area contributed by atoms with E-state index in [2.05, 4.69) is 0 Å². The number of methoxy groups -OCH3 is 2. The zero-order valence-electron chi connectivity index (χ0n) is 10.1. The fraction of sp³-hybridized carbons (Fsp3) is 0.417. The number of carboxylic acid groups (broad SMARTS) is 1. The van der Waals surface area contributed by atoms with Crippen LogP contribution in [0.15, 0.2) is 12.1 Å². The number of hydrogen-bond donors (Lipinski definition) is 2. The van der Waals surface area contributed by atoms with E-state index in [1.54, 1.807) is 13.0 Å². The third-order valence-corrected chi connectivity index (χ3v) is 2.30. The lowest BCUT2D eigenvalue weighted by molar-refractivity contribution is 0.0692. The van der Waals surface area contributed by atoms with Crippen LogP contribution in [-0.4, -0.2) is 36.5 Å². The van der Waals surface area contributed by atoms with Crippen LogP contribution >= 0.6 is 0 Å². The van der Waals surface area contributed by atoms with Crippen molar-refractivity contribution in [3.8, 4) is 11.5 Å². The molecular formula is C12H16O5. The quantitative estimate of drug-likeness (QED) is 0.811. The maximum atomic E-state index is 11.1. The fourth-order valence-electron chi connectivity index (χ4n) is 1.64. The summed E-state index contributed by atoms with van der Waals surface area (Å²) in [5.74, 6) is -0.551. The van der Waals surface area contributed by atoms with E-state index in [4.69, 9.17) is 14.6 Å². The standard InChI is InChI=1S/C12H16O5/c1-7(13)4-8-5-9(12(14)15)11(17-3)10(6-8)16-2/h5-7,13H,4H2,1-3H3,(H,14,15). The third kappa shape index (κ3) is 3.10. The zero-order chi connectivity index (χ0) is 13.0. The minimum Gasteiger partial charge on any atom is -0.493 e. The van der Waals surface area contributed by atoms with Crippen LogP contribution in [0, 0.1) is 0 Å². The smallest absolute Gasteiger partial charge is 0.339 e. The summed E-state index contributed by atoms with van der Waals surface area (Å²) in [4.78, 5) is 11.1. The van der Waals surface area contributed by atoms with E-state index < -0.39 is 12.1 Å². The minimum absolute atomic E-state index is 0.0301. The van der Waals surface area contributed by atoms with Crippen LogP contribution < -0.4 is 9.47 Å². The number of carbonyl (C=O) groups is 1. The molecule has 0 aliphatic heterocycles. The van der Waals surface area contributed by atoms with Crippen molar-refractivity contribution in [3.05, 3.63) is 23.3 Å². The molecule has 1 rings (SSSR count). The molecule has 0 heterocycles. The maximum Gasteiger partial charge on any atom is 0.339 e. The van der Waals surface area contributed by atoms with Gasteiger partial charge in [0, 0.05) is 0 Å². The second kappa shape index (κ2) is 5.54. The van der Waals surface area contributed by atoms with E-state index in [9.17, 15) is 9.90 Å². The van der Waals surface area contributed by atoms with Gasteiger partial charge in [-0.15, -0.1) is 0 Å². The number of aliphatic hydroxyl groups is 1. The minimum atomic E-state index is -1.09. The van der Waals surface area contributed by atoms with Gasteiger partial charge < -0.3 is 19.7 Å². The van der Waals surface area contributed by atoms with Crippen LogP contribution in [0.3, 0.4) is 0 Å². The van der Waals surface area contributed by atoms with E-state index >= 15 is 0 Å². The summed E-state index contributed by atoms with van der Waals surface area (Å²) in [5.41, 5.74) is 0.720. The average molecular weight is 240 g/mol. The van der Waals surface area contributed by atoms with Gasteiger partial charge in [-0.25, -0.2) is 4.79 Å². The van der Waals surface area contributed by atoms with Gasteiger partial charge in [0.1, 0.15) is 5.56 Å². The van der Waals surface area contributed by atoms with Crippen LogP contribution in [0.2, 0.25) is 0 Å². The summed E-state index contributed by atoms with van der Waals surface area (Å²) in [7, 11) is 2.83. The molecule has 17 heavy (non-hydrogen) atoms. The molecule has 0 spiro atoms. The predicted molar refractivity (Wildman–Crippen MR) is 61.9 cm³/mol. The Morgan fingerprint density at radius 1 is 1.35 bits per heavy atom. The summed E-state index contributed by atoms with van der Waals surface area (Å²) >= 11 is 0. The first-order valence-corrected chi connectivity index (χ1v) is 5.15. The van der Waals surface area contributed by atoms with E-state index in [-0.39, 0.29) is 11.3 Å². The molecule has 0 saturated carbocycles. The van der Waals surface area contributed by atoms with Gasteiger partial charge in [-0.1, -0.05) is 0 Å². The topological polar surface area (TPSA) is 76.0 Å². The first-order valence-electron chi connectivity index (χ1n) is 5.15. The fourth-order valence-corrected chi connectivity index (χ4v) is 1.64. The van der Waals surface area contributed by atoms with E-state index in [0.29, 0.717) is 17.7 Å². The second-order valence-electron chi connectivity index (χ2n) is 3.74. The van der Waals surface area contributed by atoms with Crippen molar-refractivity contribution in [2.75, 3.05) is 14.2 Å². The Bertz CT molecular complexity index is 412. The molecule has 1 unspecified atom stereocenters. The molecule has 1 atom stereocenters. The van der Waals surface area contributed by atoms with E-state index in [0.717, 1.165) is 0 Å². The number of aromatic carboxylic acids is 1. The number of aliphatic hydroxyl groups excluding tert-OH is 1. The average Bonchev–Trinajstić information content (AvgIpc) is 2.26. The largest absolute Gasteiger partial charge is 0.493 e. The highest BCUT2D eigenvalue weighted by atomic mass is 16.5. The molecular weight excluding hydrogens is 224 g/mol. The molecule has 0 aliphatic carbocycles. The molecule has 0 amide bonds. The number of carboxylic acids is 1. The lowest BCUT2D eigenvalue weighted by atomic mass is 10.0. The third-order valence-electron chi connectivity index (χ3n) is 2.30. The first kappa shape index (κ1) is 13.3. The van der Waals surface area contributed by atoms with Gasteiger partial charge in [0.05, 0.1) is 20.3 Å². The normalized spacial score (nSPS) is 12.0. The van der Waals surface area contributed by atoms with Crippen LogP contribution in [0.25, 0.3) is 0 Å². The highest BCUT2D eigenvalue weighted by Crippen LogP contribution is 2.33. The summed E-state index contributed by atoms with van der Waals surface area (Å²) in [6.07, 6.45) is -0.185. The molecule has 0 fully saturated rings. The summed E-state index contributed by atoms with van der Waals surface area (Å²) < 4.78 is 10.1. The van der Waals surface area contributed by atoms with E-state index in [1.807, 2.05) is 0 Å². The van der Waals surface area contributed by atoms with Gasteiger partial charge in [-0.2, -0.15) is 0 Å². The zero-order valence-corrected chi connectivity index (χ0v) is 10.1. The molecule has 1 aromatic rings. The van der Waals surface area contributed by atoms with Crippen molar-refractivity contribution in [1.29, 1.82) is 0 Å². The van der Waals surface area contributed by atoms with Gasteiger partial charge in [0.2, 0.25) is 0 Å². The van der Waals surface area contributed by atoms with Crippen molar-refractivity contribution >= 4 is 5.97 Å². The second-order valence-corrected chi connectivity index (χ2v) is 3.74. The molecule has 1 aromatic carbocycles. The van der Waals surface area contributed by atoms with Crippen LogP contribution in [-0.2, 0) is 6.42 Å². The Morgan fingerprint density at radius 2 is 2.00 bits per heavy atom. The monoisotopic (exact) mass is 240 g/mol. The predicted octanol–water partition coefficient (Wildman–Crippen LogP) is 1.33. The van der Waals surface area contributed by atoms with Crippen molar-refractivity contribution in [2.45, 2.75) is 19.4 Å². The molecule has 2 N–H and O–H groups in total. The molecule has 5 heteroatoms.